The Balaban J connectivity index is 1.37. The Morgan fingerprint density at radius 3 is 2.33 bits per heavy atom. The molecule has 3 N–H and O–H groups in total. The number of rotatable bonds is 8. The highest BCUT2D eigenvalue weighted by atomic mass is 16.5. The van der Waals surface area contributed by atoms with Gasteiger partial charge in [-0.05, 0) is 60.5 Å². The fraction of sp³-hybridized carbons (Fsp3) is 0.148. The Bertz CT molecular complexity index is 1420. The van der Waals surface area contributed by atoms with Gasteiger partial charge in [-0.3, -0.25) is 5.32 Å². The van der Waals surface area contributed by atoms with Crippen LogP contribution in [0.5, 0.6) is 11.5 Å². The third-order valence-corrected chi connectivity index (χ3v) is 5.84. The molecule has 3 aromatic carbocycles. The van der Waals surface area contributed by atoms with Gasteiger partial charge in [0.2, 0.25) is 0 Å². The van der Waals surface area contributed by atoms with E-state index in [9.17, 15) is 4.79 Å². The number of nitrogens with zero attached hydrogens (tertiary/aromatic N) is 3. The number of benzene rings is 3. The number of hydrogen-bond donors (Lipinski definition) is 3. The molecule has 1 atom stereocenters. The number of aromatic amines is 1. The molecule has 182 valence electrons. The van der Waals surface area contributed by atoms with E-state index in [1.807, 2.05) is 72.8 Å². The number of carbonyl (C=O) groups is 1. The summed E-state index contributed by atoms with van der Waals surface area (Å²) < 4.78 is 12.1. The SMILES string of the molecule is COc1ccc(CC(NC(=O)Nc2ccnn2-c2ccc(OC)cc2)c2nc3ccccc3[nH]2)cc1. The molecule has 9 heteroatoms. The molecule has 36 heavy (non-hydrogen) atoms. The molecule has 0 saturated carbocycles. The Kier molecular flexibility index (Phi) is 6.53. The molecule has 2 amide bonds. The molecule has 0 aliphatic rings. The second-order valence-electron chi connectivity index (χ2n) is 8.17. The zero-order valence-corrected chi connectivity index (χ0v) is 19.9. The van der Waals surface area contributed by atoms with Crippen LogP contribution in [0.15, 0.2) is 85.1 Å². The minimum Gasteiger partial charge on any atom is -0.497 e. The predicted molar refractivity (Wildman–Crippen MR) is 138 cm³/mol. The summed E-state index contributed by atoms with van der Waals surface area (Å²) in [6.45, 7) is 0. The van der Waals surface area contributed by atoms with Crippen molar-refractivity contribution in [1.82, 2.24) is 25.1 Å². The topological polar surface area (TPSA) is 106 Å². The van der Waals surface area contributed by atoms with Crippen molar-refractivity contribution >= 4 is 22.9 Å². The first-order valence-electron chi connectivity index (χ1n) is 11.5. The Morgan fingerprint density at radius 1 is 0.944 bits per heavy atom. The van der Waals surface area contributed by atoms with Crippen molar-refractivity contribution in [2.24, 2.45) is 0 Å². The first-order chi connectivity index (χ1) is 17.6. The summed E-state index contributed by atoms with van der Waals surface area (Å²) in [6, 6.07) is 23.9. The number of fused-ring (bicyclic) bond motifs is 1. The molecular formula is C27H26N6O3. The van der Waals surface area contributed by atoms with Crippen molar-refractivity contribution in [2.45, 2.75) is 12.5 Å². The lowest BCUT2D eigenvalue weighted by Crippen LogP contribution is -2.34. The molecule has 0 fully saturated rings. The van der Waals surface area contributed by atoms with Crippen molar-refractivity contribution in [1.29, 1.82) is 0 Å². The Morgan fingerprint density at radius 2 is 1.64 bits per heavy atom. The van der Waals surface area contributed by atoms with Crippen LogP contribution in [0.3, 0.4) is 0 Å². The molecule has 9 nitrogen and oxygen atoms in total. The van der Waals surface area contributed by atoms with Crippen molar-refractivity contribution in [3.05, 3.63) is 96.4 Å². The number of carbonyl (C=O) groups excluding carboxylic acids is 1. The van der Waals surface area contributed by atoms with E-state index >= 15 is 0 Å². The highest BCUT2D eigenvalue weighted by molar-refractivity contribution is 5.89. The lowest BCUT2D eigenvalue weighted by Gasteiger charge is -2.18. The number of ether oxygens (including phenoxy) is 2. The summed E-state index contributed by atoms with van der Waals surface area (Å²) in [6.07, 6.45) is 2.17. The van der Waals surface area contributed by atoms with E-state index < -0.39 is 6.04 Å². The summed E-state index contributed by atoms with van der Waals surface area (Å²) >= 11 is 0. The Labute approximate surface area is 208 Å². The minimum absolute atomic E-state index is 0.371. The fourth-order valence-electron chi connectivity index (χ4n) is 3.99. The van der Waals surface area contributed by atoms with Crippen LogP contribution in [0.25, 0.3) is 16.7 Å². The molecule has 1 unspecified atom stereocenters. The summed E-state index contributed by atoms with van der Waals surface area (Å²) in [5.74, 6) is 2.72. The first-order valence-corrected chi connectivity index (χ1v) is 11.5. The zero-order chi connectivity index (χ0) is 24.9. The second kappa shape index (κ2) is 10.2. The average molecular weight is 483 g/mol. The van der Waals surface area contributed by atoms with Crippen LogP contribution in [0.1, 0.15) is 17.4 Å². The van der Waals surface area contributed by atoms with E-state index in [-0.39, 0.29) is 6.03 Å². The first kappa shape index (κ1) is 23.0. The maximum atomic E-state index is 13.1. The number of nitrogens with one attached hydrogen (secondary N) is 3. The monoisotopic (exact) mass is 482 g/mol. The lowest BCUT2D eigenvalue weighted by atomic mass is 10.1. The van der Waals surface area contributed by atoms with Gasteiger partial charge in [0.15, 0.2) is 0 Å². The van der Waals surface area contributed by atoms with E-state index in [1.54, 1.807) is 31.2 Å². The fourth-order valence-corrected chi connectivity index (χ4v) is 3.99. The largest absolute Gasteiger partial charge is 0.497 e. The highest BCUT2D eigenvalue weighted by Crippen LogP contribution is 2.23. The van der Waals surface area contributed by atoms with Gasteiger partial charge in [-0.2, -0.15) is 5.10 Å². The number of hydrogen-bond acceptors (Lipinski definition) is 5. The molecule has 0 aliphatic carbocycles. The van der Waals surface area contributed by atoms with Crippen LogP contribution in [0, 0.1) is 0 Å². The van der Waals surface area contributed by atoms with Gasteiger partial charge in [0, 0.05) is 6.07 Å². The van der Waals surface area contributed by atoms with Crippen LogP contribution in [0.2, 0.25) is 0 Å². The molecule has 5 rings (SSSR count). The van der Waals surface area contributed by atoms with Gasteiger partial charge >= 0.3 is 6.03 Å². The third kappa shape index (κ3) is 5.00. The number of methoxy groups -OCH3 is 2. The predicted octanol–water partition coefficient (Wildman–Crippen LogP) is 4.87. The number of aromatic nitrogens is 4. The summed E-state index contributed by atoms with van der Waals surface area (Å²) in [5, 5.41) is 10.3. The number of para-hydroxylation sites is 2. The van der Waals surface area contributed by atoms with Crippen molar-refractivity contribution < 1.29 is 14.3 Å². The van der Waals surface area contributed by atoms with Crippen LogP contribution >= 0.6 is 0 Å². The van der Waals surface area contributed by atoms with Gasteiger partial charge in [0.05, 0.1) is 43.2 Å². The molecule has 0 radical (unpaired) electrons. The van der Waals surface area contributed by atoms with E-state index in [0.29, 0.717) is 18.1 Å². The van der Waals surface area contributed by atoms with E-state index in [2.05, 4.69) is 20.7 Å². The lowest BCUT2D eigenvalue weighted by molar-refractivity contribution is 0.248. The van der Waals surface area contributed by atoms with Gasteiger partial charge in [-0.25, -0.2) is 14.5 Å². The molecule has 2 heterocycles. The summed E-state index contributed by atoms with van der Waals surface area (Å²) in [4.78, 5) is 21.2. The molecule has 5 aromatic rings. The van der Waals surface area contributed by atoms with Gasteiger partial charge in [0.25, 0.3) is 0 Å². The van der Waals surface area contributed by atoms with Gasteiger partial charge in [-0.15, -0.1) is 0 Å². The van der Waals surface area contributed by atoms with Crippen LogP contribution in [-0.4, -0.2) is 40.0 Å². The van der Waals surface area contributed by atoms with Crippen LogP contribution in [0.4, 0.5) is 10.6 Å². The molecule has 0 saturated heterocycles. The maximum absolute atomic E-state index is 13.1. The van der Waals surface area contributed by atoms with Crippen molar-refractivity contribution in [2.75, 3.05) is 19.5 Å². The van der Waals surface area contributed by atoms with Crippen molar-refractivity contribution in [3.63, 3.8) is 0 Å². The highest BCUT2D eigenvalue weighted by Gasteiger charge is 2.20. The standard InChI is InChI=1S/C27H26N6O3/c1-35-20-11-7-18(8-12-20)17-24(26-29-22-5-3-4-6-23(22)30-26)31-27(34)32-25-15-16-28-33(25)19-9-13-21(36-2)14-10-19/h3-16,24H,17H2,1-2H3,(H,29,30)(H2,31,32,34). The van der Waals surface area contributed by atoms with Gasteiger partial charge in [-0.1, -0.05) is 24.3 Å². The van der Waals surface area contributed by atoms with Gasteiger partial charge < -0.3 is 19.8 Å². The van der Waals surface area contributed by atoms with Crippen LogP contribution < -0.4 is 20.1 Å². The van der Waals surface area contributed by atoms with Crippen LogP contribution in [-0.2, 0) is 6.42 Å². The number of anilines is 1. The molecule has 0 bridgehead atoms. The molecule has 2 aromatic heterocycles. The van der Waals surface area contributed by atoms with Gasteiger partial charge in [0.1, 0.15) is 23.1 Å². The second-order valence-corrected chi connectivity index (χ2v) is 8.17. The zero-order valence-electron chi connectivity index (χ0n) is 19.9. The molecule has 0 aliphatic heterocycles. The number of amides is 2. The quantitative estimate of drug-likeness (QED) is 0.293. The van der Waals surface area contributed by atoms with E-state index in [4.69, 9.17) is 14.5 Å². The number of H-pyrrole nitrogens is 1. The van der Waals surface area contributed by atoms with E-state index in [1.165, 1.54) is 0 Å². The van der Waals surface area contributed by atoms with E-state index in [0.717, 1.165) is 33.8 Å². The Hall–Kier alpha value is -4.79. The normalized spacial score (nSPS) is 11.7. The number of urea groups is 1. The van der Waals surface area contributed by atoms with Crippen molar-refractivity contribution in [3.8, 4) is 17.2 Å². The smallest absolute Gasteiger partial charge is 0.321 e. The number of imidazole rings is 1. The average Bonchev–Trinajstić information content (AvgIpc) is 3.56. The minimum atomic E-state index is -0.400. The third-order valence-electron chi connectivity index (χ3n) is 5.84. The molecular weight excluding hydrogens is 456 g/mol. The maximum Gasteiger partial charge on any atom is 0.321 e. The molecule has 0 spiro atoms. The summed E-state index contributed by atoms with van der Waals surface area (Å²) in [7, 11) is 3.25. The summed E-state index contributed by atoms with van der Waals surface area (Å²) in [5.41, 5.74) is 3.58.